The highest BCUT2D eigenvalue weighted by atomic mass is 16.5. The highest BCUT2D eigenvalue weighted by molar-refractivity contribution is 6.06. The van der Waals surface area contributed by atoms with E-state index in [1.54, 1.807) is 12.1 Å². The Kier molecular flexibility index (Phi) is 7.90. The second-order valence-corrected chi connectivity index (χ2v) is 9.98. The molecule has 0 unspecified atom stereocenters. The Hall–Kier alpha value is -2.87. The average molecular weight is 492 g/mol. The maximum Gasteiger partial charge on any atom is 0.255 e. The summed E-state index contributed by atoms with van der Waals surface area (Å²) >= 11 is 0. The predicted octanol–water partition coefficient (Wildman–Crippen LogP) is 4.81. The topological polar surface area (TPSA) is 73.8 Å². The van der Waals surface area contributed by atoms with E-state index < -0.39 is 0 Å². The zero-order valence-electron chi connectivity index (χ0n) is 21.3. The Morgan fingerprint density at radius 2 is 1.89 bits per heavy atom. The molecule has 2 saturated heterocycles. The van der Waals surface area contributed by atoms with Gasteiger partial charge in [0.2, 0.25) is 0 Å². The normalized spacial score (nSPS) is 18.6. The number of hydrogen-bond acceptors (Lipinski definition) is 5. The van der Waals surface area contributed by atoms with Crippen LogP contribution in [0.1, 0.15) is 47.3 Å². The third-order valence-electron chi connectivity index (χ3n) is 7.46. The van der Waals surface area contributed by atoms with Crippen LogP contribution in [0.5, 0.6) is 5.75 Å². The third kappa shape index (κ3) is 5.75. The van der Waals surface area contributed by atoms with E-state index in [9.17, 15) is 4.79 Å². The van der Waals surface area contributed by atoms with Gasteiger partial charge in [-0.3, -0.25) is 4.79 Å². The number of aromatic nitrogens is 1. The molecule has 3 heterocycles. The van der Waals surface area contributed by atoms with Crippen LogP contribution in [0, 0.1) is 12.8 Å². The van der Waals surface area contributed by atoms with Crippen LogP contribution in [0.4, 0.5) is 5.69 Å². The van der Waals surface area contributed by atoms with Crippen molar-refractivity contribution < 1.29 is 19.0 Å². The van der Waals surface area contributed by atoms with Gasteiger partial charge in [-0.1, -0.05) is 6.07 Å². The number of fused-ring (bicyclic) bond motifs is 1. The minimum absolute atomic E-state index is 0.129. The largest absolute Gasteiger partial charge is 0.491 e. The second-order valence-electron chi connectivity index (χ2n) is 9.98. The van der Waals surface area contributed by atoms with Crippen LogP contribution in [-0.2, 0) is 23.1 Å². The van der Waals surface area contributed by atoms with Crippen LogP contribution in [0.2, 0.25) is 0 Å². The molecule has 0 aliphatic carbocycles. The van der Waals surface area contributed by atoms with E-state index in [2.05, 4.69) is 41.3 Å². The van der Waals surface area contributed by atoms with E-state index in [0.717, 1.165) is 81.1 Å². The molecule has 7 nitrogen and oxygen atoms in total. The second kappa shape index (κ2) is 11.5. The van der Waals surface area contributed by atoms with Crippen LogP contribution in [-0.4, -0.2) is 49.6 Å². The van der Waals surface area contributed by atoms with Crippen molar-refractivity contribution in [1.29, 1.82) is 0 Å². The zero-order chi connectivity index (χ0) is 24.9. The molecule has 0 bridgehead atoms. The molecule has 0 spiro atoms. The zero-order valence-corrected chi connectivity index (χ0v) is 21.3. The van der Waals surface area contributed by atoms with Crippen LogP contribution in [0.25, 0.3) is 10.9 Å². The fourth-order valence-corrected chi connectivity index (χ4v) is 5.22. The maximum absolute atomic E-state index is 13.0. The van der Waals surface area contributed by atoms with Crippen molar-refractivity contribution in [3.63, 3.8) is 0 Å². The van der Waals surface area contributed by atoms with Crippen LogP contribution in [0.3, 0.4) is 0 Å². The van der Waals surface area contributed by atoms with Crippen molar-refractivity contribution in [3.05, 3.63) is 59.3 Å². The molecule has 0 saturated carbocycles. The number of nitrogens with one attached hydrogen (secondary N) is 2. The number of carbonyl (C=O) groups excluding carboxylic acids is 1. The Labute approximate surface area is 213 Å². The third-order valence-corrected chi connectivity index (χ3v) is 7.46. The van der Waals surface area contributed by atoms with Gasteiger partial charge < -0.3 is 29.4 Å². The summed E-state index contributed by atoms with van der Waals surface area (Å²) in [6.45, 7) is 7.03. The molecule has 2 aliphatic heterocycles. The lowest BCUT2D eigenvalue weighted by Gasteiger charge is -2.22. The molecule has 5 rings (SSSR count). The summed E-state index contributed by atoms with van der Waals surface area (Å²) in [5.74, 6) is 1.32. The molecular formula is C29H37N3O4. The summed E-state index contributed by atoms with van der Waals surface area (Å²) in [5.41, 5.74) is 4.88. The minimum Gasteiger partial charge on any atom is -0.491 e. The van der Waals surface area contributed by atoms with Gasteiger partial charge in [0.15, 0.2) is 0 Å². The summed E-state index contributed by atoms with van der Waals surface area (Å²) in [6, 6.07) is 13.6. The number of amides is 1. The first-order valence-electron chi connectivity index (χ1n) is 13.1. The highest BCUT2D eigenvalue weighted by Gasteiger charge is 2.17. The molecule has 192 valence electrons. The minimum atomic E-state index is -0.129. The molecule has 0 radical (unpaired) electrons. The van der Waals surface area contributed by atoms with Crippen molar-refractivity contribution in [1.82, 2.24) is 9.88 Å². The lowest BCUT2D eigenvalue weighted by molar-refractivity contribution is 0.0662. The SMILES string of the molecule is Cc1c(NC(=O)c2ccc(OC[C@@H]3CCCO3)cc2)ccc2cc(CNCC3CCOCC3)n(C)c12. The molecule has 36 heavy (non-hydrogen) atoms. The van der Waals surface area contributed by atoms with E-state index in [1.165, 1.54) is 11.1 Å². The van der Waals surface area contributed by atoms with E-state index >= 15 is 0 Å². The molecule has 1 atom stereocenters. The number of ether oxygens (including phenoxy) is 3. The van der Waals surface area contributed by atoms with E-state index in [0.29, 0.717) is 18.1 Å². The molecule has 2 aliphatic rings. The molecule has 2 N–H and O–H groups in total. The van der Waals surface area contributed by atoms with Gasteiger partial charge in [-0.2, -0.15) is 0 Å². The lowest BCUT2D eigenvalue weighted by atomic mass is 10.0. The maximum atomic E-state index is 13.0. The van der Waals surface area contributed by atoms with Gasteiger partial charge in [-0.05, 0) is 87.0 Å². The molecule has 3 aromatic rings. The number of anilines is 1. The number of aryl methyl sites for hydroxylation is 2. The molecule has 7 heteroatoms. The fourth-order valence-electron chi connectivity index (χ4n) is 5.22. The highest BCUT2D eigenvalue weighted by Crippen LogP contribution is 2.29. The Morgan fingerprint density at radius 1 is 1.08 bits per heavy atom. The first kappa shape index (κ1) is 24.8. The number of hydrogen-bond donors (Lipinski definition) is 2. The Bertz CT molecular complexity index is 1180. The first-order valence-corrected chi connectivity index (χ1v) is 13.1. The molecule has 1 aromatic heterocycles. The predicted molar refractivity (Wildman–Crippen MR) is 142 cm³/mol. The summed E-state index contributed by atoms with van der Waals surface area (Å²) in [5, 5.41) is 7.91. The van der Waals surface area contributed by atoms with Crippen LogP contribution < -0.4 is 15.4 Å². The quantitative estimate of drug-likeness (QED) is 0.449. The number of carbonyl (C=O) groups is 1. The molecule has 2 aromatic carbocycles. The summed E-state index contributed by atoms with van der Waals surface area (Å²) in [7, 11) is 2.10. The number of rotatable bonds is 9. The van der Waals surface area contributed by atoms with Gasteiger partial charge >= 0.3 is 0 Å². The summed E-state index contributed by atoms with van der Waals surface area (Å²) in [4.78, 5) is 13.0. The number of benzene rings is 2. The average Bonchev–Trinajstić information content (AvgIpc) is 3.54. The van der Waals surface area contributed by atoms with Crippen molar-refractivity contribution in [3.8, 4) is 5.75 Å². The van der Waals surface area contributed by atoms with Crippen molar-refractivity contribution in [2.24, 2.45) is 13.0 Å². The van der Waals surface area contributed by atoms with E-state index in [-0.39, 0.29) is 12.0 Å². The smallest absolute Gasteiger partial charge is 0.255 e. The monoisotopic (exact) mass is 491 g/mol. The van der Waals surface area contributed by atoms with Crippen molar-refractivity contribution >= 4 is 22.5 Å². The summed E-state index contributed by atoms with van der Waals surface area (Å²) in [6.07, 6.45) is 4.58. The first-order chi connectivity index (χ1) is 17.6. The van der Waals surface area contributed by atoms with Gasteiger partial charge in [-0.15, -0.1) is 0 Å². The van der Waals surface area contributed by atoms with Crippen LogP contribution >= 0.6 is 0 Å². The van der Waals surface area contributed by atoms with Crippen molar-refractivity contribution in [2.45, 2.75) is 45.3 Å². The van der Waals surface area contributed by atoms with Gasteiger partial charge in [0, 0.05) is 55.7 Å². The van der Waals surface area contributed by atoms with Gasteiger partial charge in [0.1, 0.15) is 12.4 Å². The van der Waals surface area contributed by atoms with E-state index in [4.69, 9.17) is 14.2 Å². The fraction of sp³-hybridized carbons (Fsp3) is 0.483. The van der Waals surface area contributed by atoms with Crippen molar-refractivity contribution in [2.75, 3.05) is 38.3 Å². The van der Waals surface area contributed by atoms with Gasteiger partial charge in [0.05, 0.1) is 11.6 Å². The Morgan fingerprint density at radius 3 is 2.64 bits per heavy atom. The molecule has 2 fully saturated rings. The van der Waals surface area contributed by atoms with Gasteiger partial charge in [0.25, 0.3) is 5.91 Å². The lowest BCUT2D eigenvalue weighted by Crippen LogP contribution is -2.27. The summed E-state index contributed by atoms with van der Waals surface area (Å²) < 4.78 is 19.1. The van der Waals surface area contributed by atoms with Gasteiger partial charge in [-0.25, -0.2) is 0 Å². The Balaban J connectivity index is 1.21. The molecular weight excluding hydrogens is 454 g/mol. The van der Waals surface area contributed by atoms with E-state index in [1.807, 2.05) is 18.2 Å². The number of nitrogens with zero attached hydrogens (tertiary/aromatic N) is 1. The standard InChI is InChI=1S/C29H37N3O4/c1-20-27(31-29(33)22-5-8-25(9-6-22)36-19-26-4-3-13-35-26)10-7-23-16-24(32(2)28(20)23)18-30-17-21-11-14-34-15-12-21/h5-10,16,21,26,30H,3-4,11-15,17-19H2,1-2H3,(H,31,33)/t26-/m0/s1. The molecule has 1 amide bonds. The van der Waals surface area contributed by atoms with Crippen LogP contribution in [0.15, 0.2) is 42.5 Å².